The zero-order valence-corrected chi connectivity index (χ0v) is 15.5. The molecular formula is C21H31N3O. The Morgan fingerprint density at radius 1 is 1.24 bits per heavy atom. The van der Waals surface area contributed by atoms with Crippen molar-refractivity contribution in [2.45, 2.75) is 45.4 Å². The van der Waals surface area contributed by atoms with Crippen molar-refractivity contribution < 1.29 is 4.74 Å². The number of hydrogen-bond acceptors (Lipinski definition) is 2. The average Bonchev–Trinajstić information content (AvgIpc) is 3.27. The molecular weight excluding hydrogens is 310 g/mol. The van der Waals surface area contributed by atoms with E-state index in [4.69, 9.17) is 9.73 Å². The van der Waals surface area contributed by atoms with Crippen LogP contribution in [0.3, 0.4) is 0 Å². The van der Waals surface area contributed by atoms with Crippen molar-refractivity contribution in [2.75, 3.05) is 32.8 Å². The van der Waals surface area contributed by atoms with Gasteiger partial charge >= 0.3 is 0 Å². The van der Waals surface area contributed by atoms with Gasteiger partial charge in [-0.1, -0.05) is 25.0 Å². The van der Waals surface area contributed by atoms with Crippen LogP contribution in [0, 0.1) is 11.8 Å². The van der Waals surface area contributed by atoms with Gasteiger partial charge in [0.05, 0.1) is 6.61 Å². The maximum atomic E-state index is 5.60. The van der Waals surface area contributed by atoms with Gasteiger partial charge in [0.25, 0.3) is 0 Å². The van der Waals surface area contributed by atoms with E-state index in [1.54, 1.807) is 0 Å². The van der Waals surface area contributed by atoms with E-state index in [0.29, 0.717) is 0 Å². The van der Waals surface area contributed by atoms with Gasteiger partial charge in [-0.3, -0.25) is 4.99 Å². The zero-order chi connectivity index (χ0) is 17.1. The molecule has 1 saturated heterocycles. The van der Waals surface area contributed by atoms with E-state index in [0.717, 1.165) is 56.1 Å². The Balaban J connectivity index is 1.37. The lowest BCUT2D eigenvalue weighted by Crippen LogP contribution is -2.40. The summed E-state index contributed by atoms with van der Waals surface area (Å²) in [5.74, 6) is 3.99. The van der Waals surface area contributed by atoms with Gasteiger partial charge < -0.3 is 15.0 Å². The van der Waals surface area contributed by atoms with E-state index in [1.807, 2.05) is 0 Å². The minimum atomic E-state index is 0.832. The Hall–Kier alpha value is -1.71. The van der Waals surface area contributed by atoms with Gasteiger partial charge in [0, 0.05) is 32.6 Å². The highest BCUT2D eigenvalue weighted by Crippen LogP contribution is 2.36. The van der Waals surface area contributed by atoms with Crippen molar-refractivity contribution in [3.63, 3.8) is 0 Å². The third kappa shape index (κ3) is 3.78. The van der Waals surface area contributed by atoms with Gasteiger partial charge in [-0.25, -0.2) is 0 Å². The minimum absolute atomic E-state index is 0.832. The van der Waals surface area contributed by atoms with Crippen LogP contribution in [-0.4, -0.2) is 43.6 Å². The fourth-order valence-electron chi connectivity index (χ4n) is 4.69. The summed E-state index contributed by atoms with van der Waals surface area (Å²) >= 11 is 0. The van der Waals surface area contributed by atoms with Crippen LogP contribution < -0.4 is 10.1 Å². The van der Waals surface area contributed by atoms with E-state index in [1.165, 1.54) is 49.9 Å². The number of aliphatic imine (C=N–C) groups is 1. The predicted molar refractivity (Wildman–Crippen MR) is 102 cm³/mol. The molecule has 4 heteroatoms. The molecule has 0 bridgehead atoms. The minimum Gasteiger partial charge on any atom is -0.493 e. The standard InChI is InChI=1S/C21H31N3O/c1-2-22-21(24-14-18-5-3-4-6-19(18)15-24)23-11-9-16-7-8-20-17(13-16)10-12-25-20/h7-8,13,18-19H,2-6,9-12,14-15H2,1H3,(H,22,23). The van der Waals surface area contributed by atoms with E-state index >= 15 is 0 Å². The highest BCUT2D eigenvalue weighted by atomic mass is 16.5. The molecule has 1 aromatic rings. The normalized spacial score (nSPS) is 25.5. The molecule has 2 fully saturated rings. The third-order valence-electron chi connectivity index (χ3n) is 6.03. The molecule has 1 aromatic carbocycles. The van der Waals surface area contributed by atoms with Crippen LogP contribution in [-0.2, 0) is 12.8 Å². The Morgan fingerprint density at radius 2 is 2.04 bits per heavy atom. The number of nitrogens with one attached hydrogen (secondary N) is 1. The predicted octanol–water partition coefficient (Wildman–Crippen LogP) is 3.25. The van der Waals surface area contributed by atoms with Crippen LogP contribution in [0.1, 0.15) is 43.7 Å². The van der Waals surface area contributed by atoms with Crippen molar-refractivity contribution in [3.05, 3.63) is 29.3 Å². The number of benzene rings is 1. The molecule has 3 aliphatic rings. The van der Waals surface area contributed by atoms with Gasteiger partial charge in [-0.15, -0.1) is 0 Å². The number of rotatable bonds is 4. The Labute approximate surface area is 151 Å². The monoisotopic (exact) mass is 341 g/mol. The molecule has 1 saturated carbocycles. The molecule has 1 aliphatic carbocycles. The molecule has 4 rings (SSSR count). The smallest absolute Gasteiger partial charge is 0.193 e. The fraction of sp³-hybridized carbons (Fsp3) is 0.667. The number of ether oxygens (including phenoxy) is 1. The number of nitrogens with zero attached hydrogens (tertiary/aromatic N) is 2. The molecule has 2 unspecified atom stereocenters. The maximum Gasteiger partial charge on any atom is 0.193 e. The molecule has 2 aliphatic heterocycles. The van der Waals surface area contributed by atoms with Crippen LogP contribution in [0.4, 0.5) is 0 Å². The van der Waals surface area contributed by atoms with Crippen LogP contribution in [0.25, 0.3) is 0 Å². The van der Waals surface area contributed by atoms with Crippen molar-refractivity contribution in [2.24, 2.45) is 16.8 Å². The molecule has 0 spiro atoms. The molecule has 2 heterocycles. The molecule has 0 aromatic heterocycles. The van der Waals surface area contributed by atoms with Gasteiger partial charge in [0.15, 0.2) is 5.96 Å². The summed E-state index contributed by atoms with van der Waals surface area (Å²) in [6, 6.07) is 6.62. The Bertz CT molecular complexity index is 614. The number of likely N-dealkylation sites (tertiary alicyclic amines) is 1. The molecule has 2 atom stereocenters. The summed E-state index contributed by atoms with van der Waals surface area (Å²) in [5.41, 5.74) is 2.73. The van der Waals surface area contributed by atoms with Gasteiger partial charge in [-0.2, -0.15) is 0 Å². The number of fused-ring (bicyclic) bond motifs is 2. The van der Waals surface area contributed by atoms with Gasteiger partial charge in [-0.05, 0) is 55.2 Å². The fourth-order valence-corrected chi connectivity index (χ4v) is 4.69. The summed E-state index contributed by atoms with van der Waals surface area (Å²) in [6.07, 6.45) is 7.72. The maximum absolute atomic E-state index is 5.60. The highest BCUT2D eigenvalue weighted by Gasteiger charge is 2.35. The van der Waals surface area contributed by atoms with E-state index in [2.05, 4.69) is 35.3 Å². The lowest BCUT2D eigenvalue weighted by molar-refractivity contribution is 0.299. The molecule has 4 nitrogen and oxygen atoms in total. The van der Waals surface area contributed by atoms with Crippen molar-refractivity contribution in [1.29, 1.82) is 0 Å². The largest absolute Gasteiger partial charge is 0.493 e. The van der Waals surface area contributed by atoms with E-state index in [9.17, 15) is 0 Å². The second kappa shape index (κ2) is 7.67. The summed E-state index contributed by atoms with van der Waals surface area (Å²) in [4.78, 5) is 7.46. The quantitative estimate of drug-likeness (QED) is 0.675. The highest BCUT2D eigenvalue weighted by molar-refractivity contribution is 5.80. The SMILES string of the molecule is CCNC(=NCCc1ccc2c(c1)CCO2)N1CC2CCCCC2C1. The molecule has 0 amide bonds. The third-order valence-corrected chi connectivity index (χ3v) is 6.03. The molecule has 25 heavy (non-hydrogen) atoms. The first kappa shape index (κ1) is 16.7. The lowest BCUT2D eigenvalue weighted by Gasteiger charge is -2.22. The van der Waals surface area contributed by atoms with Crippen LogP contribution in [0.5, 0.6) is 5.75 Å². The lowest BCUT2D eigenvalue weighted by atomic mass is 9.82. The van der Waals surface area contributed by atoms with E-state index < -0.39 is 0 Å². The Morgan fingerprint density at radius 3 is 2.80 bits per heavy atom. The second-order valence-corrected chi connectivity index (χ2v) is 7.74. The van der Waals surface area contributed by atoms with Crippen LogP contribution in [0.2, 0.25) is 0 Å². The summed E-state index contributed by atoms with van der Waals surface area (Å²) in [5, 5.41) is 3.52. The van der Waals surface area contributed by atoms with Gasteiger partial charge in [0.1, 0.15) is 5.75 Å². The van der Waals surface area contributed by atoms with Crippen LogP contribution >= 0.6 is 0 Å². The average molecular weight is 341 g/mol. The van der Waals surface area contributed by atoms with Crippen molar-refractivity contribution in [3.8, 4) is 5.75 Å². The second-order valence-electron chi connectivity index (χ2n) is 7.74. The summed E-state index contributed by atoms with van der Waals surface area (Å²) in [6.45, 7) is 7.20. The zero-order valence-electron chi connectivity index (χ0n) is 15.5. The first-order chi connectivity index (χ1) is 12.3. The number of hydrogen-bond donors (Lipinski definition) is 1. The summed E-state index contributed by atoms with van der Waals surface area (Å²) in [7, 11) is 0. The van der Waals surface area contributed by atoms with E-state index in [-0.39, 0.29) is 0 Å². The topological polar surface area (TPSA) is 36.9 Å². The molecule has 136 valence electrons. The van der Waals surface area contributed by atoms with Crippen molar-refractivity contribution >= 4 is 5.96 Å². The number of guanidine groups is 1. The van der Waals surface area contributed by atoms with Crippen LogP contribution in [0.15, 0.2) is 23.2 Å². The van der Waals surface area contributed by atoms with Crippen molar-refractivity contribution in [1.82, 2.24) is 10.2 Å². The Kier molecular flexibility index (Phi) is 5.14. The molecule has 0 radical (unpaired) electrons. The first-order valence-corrected chi connectivity index (χ1v) is 10.1. The van der Waals surface area contributed by atoms with Gasteiger partial charge in [0.2, 0.25) is 0 Å². The molecule has 1 N–H and O–H groups in total. The first-order valence-electron chi connectivity index (χ1n) is 10.1. The summed E-state index contributed by atoms with van der Waals surface area (Å²) < 4.78 is 5.60.